The number of nitrogens with zero attached hydrogens (tertiary/aromatic N) is 2. The summed E-state index contributed by atoms with van der Waals surface area (Å²) in [7, 11) is 0. The van der Waals surface area contributed by atoms with Crippen molar-refractivity contribution in [2.24, 2.45) is 0 Å². The predicted molar refractivity (Wildman–Crippen MR) is 53.9 cm³/mol. The fourth-order valence-corrected chi connectivity index (χ4v) is 1.33. The molecule has 0 radical (unpaired) electrons. The van der Waals surface area contributed by atoms with Crippen LogP contribution in [0.4, 0.5) is 13.2 Å². The van der Waals surface area contributed by atoms with Gasteiger partial charge in [0.05, 0.1) is 17.4 Å². The number of halogens is 3. The highest BCUT2D eigenvalue weighted by atomic mass is 19.4. The monoisotopic (exact) mass is 240 g/mol. The molecule has 0 aliphatic rings. The van der Waals surface area contributed by atoms with E-state index < -0.39 is 17.5 Å². The highest BCUT2D eigenvalue weighted by Crippen LogP contribution is 2.21. The lowest BCUT2D eigenvalue weighted by molar-refractivity contribution is -0.0885. The Morgan fingerprint density at radius 2 is 1.82 bits per heavy atom. The van der Waals surface area contributed by atoms with Gasteiger partial charge in [0.15, 0.2) is 0 Å². The SMILES string of the molecule is O=C(c1cnn(-c2ccccc2)c1)C(F)(F)F. The van der Waals surface area contributed by atoms with E-state index in [0.29, 0.717) is 5.69 Å². The van der Waals surface area contributed by atoms with Crippen LogP contribution < -0.4 is 0 Å². The summed E-state index contributed by atoms with van der Waals surface area (Å²) in [6, 6.07) is 8.57. The van der Waals surface area contributed by atoms with Gasteiger partial charge >= 0.3 is 6.18 Å². The summed E-state index contributed by atoms with van der Waals surface area (Å²) in [6.07, 6.45) is -2.90. The maximum Gasteiger partial charge on any atom is 0.454 e. The minimum atomic E-state index is -4.87. The summed E-state index contributed by atoms with van der Waals surface area (Å²) in [5.41, 5.74) is 0.120. The van der Waals surface area contributed by atoms with Crippen LogP contribution >= 0.6 is 0 Å². The van der Waals surface area contributed by atoms with Gasteiger partial charge in [-0.05, 0) is 12.1 Å². The van der Waals surface area contributed by atoms with Crippen molar-refractivity contribution in [2.75, 3.05) is 0 Å². The zero-order chi connectivity index (χ0) is 12.5. The number of aromatic nitrogens is 2. The topological polar surface area (TPSA) is 34.9 Å². The van der Waals surface area contributed by atoms with Crippen molar-refractivity contribution >= 4 is 5.78 Å². The zero-order valence-corrected chi connectivity index (χ0v) is 8.48. The van der Waals surface area contributed by atoms with Gasteiger partial charge in [-0.25, -0.2) is 4.68 Å². The van der Waals surface area contributed by atoms with Crippen LogP contribution in [0.15, 0.2) is 42.7 Å². The van der Waals surface area contributed by atoms with Crippen LogP contribution in [0, 0.1) is 0 Å². The van der Waals surface area contributed by atoms with Crippen molar-refractivity contribution in [3.8, 4) is 5.69 Å². The van der Waals surface area contributed by atoms with E-state index in [2.05, 4.69) is 5.10 Å². The molecule has 2 aromatic rings. The number of benzene rings is 1. The first kappa shape index (κ1) is 11.4. The van der Waals surface area contributed by atoms with Crippen molar-refractivity contribution in [3.63, 3.8) is 0 Å². The molecule has 6 heteroatoms. The molecule has 2 rings (SSSR count). The number of hydrogen-bond acceptors (Lipinski definition) is 2. The van der Waals surface area contributed by atoms with E-state index in [1.807, 2.05) is 0 Å². The number of carbonyl (C=O) groups is 1. The van der Waals surface area contributed by atoms with Crippen molar-refractivity contribution in [1.29, 1.82) is 0 Å². The number of rotatable bonds is 2. The van der Waals surface area contributed by atoms with Gasteiger partial charge in [0.25, 0.3) is 5.78 Å². The van der Waals surface area contributed by atoms with Gasteiger partial charge < -0.3 is 0 Å². The summed E-state index contributed by atoms with van der Waals surface area (Å²) in [5, 5.41) is 3.72. The lowest BCUT2D eigenvalue weighted by Crippen LogP contribution is -2.22. The molecule has 88 valence electrons. The Labute approximate surface area is 94.5 Å². The molecule has 0 spiro atoms. The lowest BCUT2D eigenvalue weighted by Gasteiger charge is -2.01. The summed E-state index contributed by atoms with van der Waals surface area (Å²) in [6.45, 7) is 0. The number of hydrogen-bond donors (Lipinski definition) is 0. The first-order valence-electron chi connectivity index (χ1n) is 4.70. The van der Waals surface area contributed by atoms with E-state index in [0.717, 1.165) is 12.4 Å². The largest absolute Gasteiger partial charge is 0.454 e. The van der Waals surface area contributed by atoms with Crippen molar-refractivity contribution < 1.29 is 18.0 Å². The third kappa shape index (κ3) is 2.35. The summed E-state index contributed by atoms with van der Waals surface area (Å²) < 4.78 is 37.7. The molecule has 3 nitrogen and oxygen atoms in total. The van der Waals surface area contributed by atoms with Gasteiger partial charge in [-0.1, -0.05) is 18.2 Å². The quantitative estimate of drug-likeness (QED) is 0.756. The molecule has 0 N–H and O–H groups in total. The molecule has 0 atom stereocenters. The van der Waals surface area contributed by atoms with E-state index in [1.54, 1.807) is 30.3 Å². The molecule has 0 aliphatic carbocycles. The number of alkyl halides is 3. The van der Waals surface area contributed by atoms with E-state index in [4.69, 9.17) is 0 Å². The molecule has 0 saturated carbocycles. The van der Waals surface area contributed by atoms with Crippen LogP contribution in [0.5, 0.6) is 0 Å². The molecule has 0 aliphatic heterocycles. The number of carbonyl (C=O) groups excluding carboxylic acids is 1. The second-order valence-electron chi connectivity index (χ2n) is 3.34. The van der Waals surface area contributed by atoms with Crippen LogP contribution in [0.2, 0.25) is 0 Å². The van der Waals surface area contributed by atoms with Crippen LogP contribution in [-0.2, 0) is 0 Å². The van der Waals surface area contributed by atoms with Gasteiger partial charge in [-0.3, -0.25) is 4.79 Å². The van der Waals surface area contributed by atoms with E-state index in [9.17, 15) is 18.0 Å². The van der Waals surface area contributed by atoms with Gasteiger partial charge in [0.1, 0.15) is 0 Å². The van der Waals surface area contributed by atoms with Crippen molar-refractivity contribution in [3.05, 3.63) is 48.3 Å². The summed E-state index contributed by atoms with van der Waals surface area (Å²) in [5.74, 6) is -1.89. The molecule has 1 aromatic heterocycles. The molecule has 0 unspecified atom stereocenters. The van der Waals surface area contributed by atoms with Crippen LogP contribution in [0.1, 0.15) is 10.4 Å². The molecular formula is C11H7F3N2O. The normalized spacial score (nSPS) is 11.5. The molecule has 0 amide bonds. The molecule has 1 heterocycles. The lowest BCUT2D eigenvalue weighted by atomic mass is 10.2. The molecule has 1 aromatic carbocycles. The maximum absolute atomic E-state index is 12.2. The Balaban J connectivity index is 2.32. The van der Waals surface area contributed by atoms with Gasteiger partial charge in [0, 0.05) is 6.20 Å². The second-order valence-corrected chi connectivity index (χ2v) is 3.34. The molecule has 0 bridgehead atoms. The molecule has 17 heavy (non-hydrogen) atoms. The minimum Gasteiger partial charge on any atom is -0.284 e. The number of para-hydroxylation sites is 1. The molecule has 0 fully saturated rings. The third-order valence-electron chi connectivity index (χ3n) is 2.12. The average molecular weight is 240 g/mol. The highest BCUT2D eigenvalue weighted by molar-refractivity contribution is 5.99. The average Bonchev–Trinajstić information content (AvgIpc) is 2.77. The van der Waals surface area contributed by atoms with Crippen LogP contribution in [0.3, 0.4) is 0 Å². The molecular weight excluding hydrogens is 233 g/mol. The predicted octanol–water partition coefficient (Wildman–Crippen LogP) is 2.62. The first-order valence-corrected chi connectivity index (χ1v) is 4.70. The van der Waals surface area contributed by atoms with Crippen molar-refractivity contribution in [1.82, 2.24) is 9.78 Å². The summed E-state index contributed by atoms with van der Waals surface area (Å²) >= 11 is 0. The zero-order valence-electron chi connectivity index (χ0n) is 8.48. The second kappa shape index (κ2) is 4.04. The molecule has 0 saturated heterocycles. The van der Waals surface area contributed by atoms with Crippen LogP contribution in [-0.4, -0.2) is 21.7 Å². The number of Topliss-reactive ketones (excluding diaryl/α,β-unsaturated/α-hetero) is 1. The van der Waals surface area contributed by atoms with E-state index >= 15 is 0 Å². The smallest absolute Gasteiger partial charge is 0.284 e. The van der Waals surface area contributed by atoms with Gasteiger partial charge in [0.2, 0.25) is 0 Å². The highest BCUT2D eigenvalue weighted by Gasteiger charge is 2.39. The summed E-state index contributed by atoms with van der Waals surface area (Å²) in [4.78, 5) is 10.9. The van der Waals surface area contributed by atoms with E-state index in [1.165, 1.54) is 4.68 Å². The third-order valence-corrected chi connectivity index (χ3v) is 2.12. The van der Waals surface area contributed by atoms with Crippen molar-refractivity contribution in [2.45, 2.75) is 6.18 Å². The maximum atomic E-state index is 12.2. The fourth-order valence-electron chi connectivity index (χ4n) is 1.33. The Morgan fingerprint density at radius 1 is 1.18 bits per heavy atom. The number of ketones is 1. The first-order chi connectivity index (χ1) is 7.98. The van der Waals surface area contributed by atoms with Crippen LogP contribution in [0.25, 0.3) is 5.69 Å². The standard InChI is InChI=1S/C11H7F3N2O/c12-11(13,14)10(17)8-6-15-16(7-8)9-4-2-1-3-5-9/h1-7H. The van der Waals surface area contributed by atoms with E-state index in [-0.39, 0.29) is 0 Å². The van der Waals surface area contributed by atoms with Gasteiger partial charge in [-0.2, -0.15) is 18.3 Å². The Bertz CT molecular complexity index is 531. The Morgan fingerprint density at radius 3 is 2.41 bits per heavy atom. The van der Waals surface area contributed by atoms with Gasteiger partial charge in [-0.15, -0.1) is 0 Å². The Kier molecular flexibility index (Phi) is 2.71. The fraction of sp³-hybridized carbons (Fsp3) is 0.0909. The minimum absolute atomic E-state index is 0.471. The Hall–Kier alpha value is -2.11.